The maximum Gasteiger partial charge on any atom is 0.254 e. The van der Waals surface area contributed by atoms with Crippen LogP contribution in [0.4, 0.5) is 15.9 Å². The predicted octanol–water partition coefficient (Wildman–Crippen LogP) is 1.39. The summed E-state index contributed by atoms with van der Waals surface area (Å²) in [5, 5.41) is 9.16. The average molecular weight is 220 g/mol. The van der Waals surface area contributed by atoms with E-state index in [2.05, 4.69) is 15.5 Å². The number of carbonyl (C=O) groups is 1. The highest BCUT2D eigenvalue weighted by Gasteiger charge is 2.10. The summed E-state index contributed by atoms with van der Waals surface area (Å²) < 4.78 is 12.7. The first-order chi connectivity index (χ1) is 7.66. The standard InChI is InChI=1S/C10H9FN4O/c11-6-1-3-7(4-2-6)14-10-8(9(12)16)5-13-15-10/h1-5H,(H2,12,16)(H2,13,14,15). The number of nitrogens with one attached hydrogen (secondary N) is 2. The molecule has 0 aliphatic rings. The zero-order chi connectivity index (χ0) is 11.5. The molecule has 2 rings (SSSR count). The topological polar surface area (TPSA) is 83.8 Å². The van der Waals surface area contributed by atoms with Crippen molar-refractivity contribution in [2.75, 3.05) is 5.32 Å². The lowest BCUT2D eigenvalue weighted by atomic mass is 10.3. The molecule has 0 saturated heterocycles. The van der Waals surface area contributed by atoms with Crippen LogP contribution in [0.5, 0.6) is 0 Å². The minimum absolute atomic E-state index is 0.254. The van der Waals surface area contributed by atoms with Gasteiger partial charge in [0.25, 0.3) is 5.91 Å². The summed E-state index contributed by atoms with van der Waals surface area (Å²) in [7, 11) is 0. The first-order valence-electron chi connectivity index (χ1n) is 4.52. The van der Waals surface area contributed by atoms with Gasteiger partial charge in [0.05, 0.1) is 6.20 Å². The van der Waals surface area contributed by atoms with Gasteiger partial charge >= 0.3 is 0 Å². The largest absolute Gasteiger partial charge is 0.365 e. The van der Waals surface area contributed by atoms with Gasteiger partial charge in [0.2, 0.25) is 0 Å². The number of benzene rings is 1. The summed E-state index contributed by atoms with van der Waals surface area (Å²) in [4.78, 5) is 11.0. The molecule has 1 heterocycles. The molecular formula is C10H9FN4O. The number of anilines is 2. The van der Waals surface area contributed by atoms with Gasteiger partial charge < -0.3 is 11.1 Å². The monoisotopic (exact) mass is 220 g/mol. The lowest BCUT2D eigenvalue weighted by Crippen LogP contribution is -2.11. The molecule has 5 nitrogen and oxygen atoms in total. The van der Waals surface area contributed by atoms with E-state index in [-0.39, 0.29) is 11.4 Å². The van der Waals surface area contributed by atoms with Gasteiger partial charge in [0.1, 0.15) is 17.2 Å². The molecule has 2 aromatic rings. The van der Waals surface area contributed by atoms with Crippen LogP contribution in [0.3, 0.4) is 0 Å². The van der Waals surface area contributed by atoms with Gasteiger partial charge in [-0.15, -0.1) is 0 Å². The second-order valence-corrected chi connectivity index (χ2v) is 3.15. The molecule has 0 saturated carbocycles. The van der Waals surface area contributed by atoms with Gasteiger partial charge in [-0.2, -0.15) is 5.10 Å². The fourth-order valence-corrected chi connectivity index (χ4v) is 1.25. The number of aromatic amines is 1. The normalized spacial score (nSPS) is 10.1. The van der Waals surface area contributed by atoms with Gasteiger partial charge in [-0.25, -0.2) is 4.39 Å². The van der Waals surface area contributed by atoms with E-state index in [1.54, 1.807) is 12.1 Å². The minimum Gasteiger partial charge on any atom is -0.365 e. The molecule has 0 fully saturated rings. The zero-order valence-corrected chi connectivity index (χ0v) is 8.20. The third kappa shape index (κ3) is 2.00. The van der Waals surface area contributed by atoms with E-state index in [1.807, 2.05) is 0 Å². The molecule has 0 atom stereocenters. The minimum atomic E-state index is -0.585. The number of nitrogens with zero attached hydrogens (tertiary/aromatic N) is 1. The van der Waals surface area contributed by atoms with E-state index in [0.717, 1.165) is 0 Å². The Hall–Kier alpha value is -2.37. The number of primary amides is 1. The highest BCUT2D eigenvalue weighted by Crippen LogP contribution is 2.17. The summed E-state index contributed by atoms with van der Waals surface area (Å²) >= 11 is 0. The molecule has 6 heteroatoms. The van der Waals surface area contributed by atoms with E-state index in [0.29, 0.717) is 11.5 Å². The van der Waals surface area contributed by atoms with Crippen molar-refractivity contribution in [3.63, 3.8) is 0 Å². The van der Waals surface area contributed by atoms with Crippen LogP contribution in [-0.4, -0.2) is 16.1 Å². The van der Waals surface area contributed by atoms with Gasteiger partial charge in [-0.3, -0.25) is 9.89 Å². The summed E-state index contributed by atoms with van der Waals surface area (Å²) in [5.74, 6) is -0.525. The van der Waals surface area contributed by atoms with Crippen LogP contribution in [0, 0.1) is 5.82 Å². The van der Waals surface area contributed by atoms with Crippen molar-refractivity contribution in [3.8, 4) is 0 Å². The second-order valence-electron chi connectivity index (χ2n) is 3.15. The predicted molar refractivity (Wildman–Crippen MR) is 56.8 cm³/mol. The van der Waals surface area contributed by atoms with Gasteiger partial charge in [0.15, 0.2) is 0 Å². The SMILES string of the molecule is NC(=O)c1cn[nH]c1Nc1ccc(F)cc1. The third-order valence-electron chi connectivity index (χ3n) is 2.02. The smallest absolute Gasteiger partial charge is 0.254 e. The van der Waals surface area contributed by atoms with Crippen LogP contribution in [0.1, 0.15) is 10.4 Å². The first kappa shape index (κ1) is 10.2. The van der Waals surface area contributed by atoms with Crippen molar-refractivity contribution in [2.24, 2.45) is 5.73 Å². The van der Waals surface area contributed by atoms with Gasteiger partial charge in [-0.05, 0) is 24.3 Å². The fraction of sp³-hybridized carbons (Fsp3) is 0. The maximum absolute atomic E-state index is 12.7. The quantitative estimate of drug-likeness (QED) is 0.730. The van der Waals surface area contributed by atoms with Crippen LogP contribution < -0.4 is 11.1 Å². The summed E-state index contributed by atoms with van der Waals surface area (Å²) in [6.07, 6.45) is 1.33. The van der Waals surface area contributed by atoms with E-state index in [1.165, 1.54) is 18.3 Å². The Labute approximate surface area is 90.5 Å². The Morgan fingerprint density at radius 3 is 2.69 bits per heavy atom. The average Bonchev–Trinajstić information content (AvgIpc) is 2.69. The number of H-pyrrole nitrogens is 1. The molecule has 1 amide bonds. The Morgan fingerprint density at radius 2 is 2.06 bits per heavy atom. The van der Waals surface area contributed by atoms with E-state index in [4.69, 9.17) is 5.73 Å². The Balaban J connectivity index is 2.23. The summed E-state index contributed by atoms with van der Waals surface area (Å²) in [5.41, 5.74) is 6.02. The van der Waals surface area contributed by atoms with Crippen LogP contribution >= 0.6 is 0 Å². The molecule has 16 heavy (non-hydrogen) atoms. The van der Waals surface area contributed by atoms with Crippen molar-refractivity contribution >= 4 is 17.4 Å². The molecule has 1 aromatic heterocycles. The van der Waals surface area contributed by atoms with Crippen LogP contribution in [0.15, 0.2) is 30.5 Å². The molecule has 0 unspecified atom stereocenters. The van der Waals surface area contributed by atoms with Crippen molar-refractivity contribution in [1.29, 1.82) is 0 Å². The van der Waals surface area contributed by atoms with Crippen molar-refractivity contribution in [1.82, 2.24) is 10.2 Å². The molecule has 4 N–H and O–H groups in total. The molecule has 0 aliphatic heterocycles. The highest BCUT2D eigenvalue weighted by atomic mass is 19.1. The summed E-state index contributed by atoms with van der Waals surface area (Å²) in [6.45, 7) is 0. The second kappa shape index (κ2) is 4.01. The molecular weight excluding hydrogens is 211 g/mol. The maximum atomic E-state index is 12.7. The number of rotatable bonds is 3. The Morgan fingerprint density at radius 1 is 1.38 bits per heavy atom. The number of aromatic nitrogens is 2. The lowest BCUT2D eigenvalue weighted by molar-refractivity contribution is 0.100. The number of halogens is 1. The van der Waals surface area contributed by atoms with Crippen molar-refractivity contribution in [2.45, 2.75) is 0 Å². The molecule has 82 valence electrons. The van der Waals surface area contributed by atoms with E-state index >= 15 is 0 Å². The highest BCUT2D eigenvalue weighted by molar-refractivity contribution is 5.97. The molecule has 0 bridgehead atoms. The Kier molecular flexibility index (Phi) is 2.55. The number of amides is 1. The molecule has 0 aliphatic carbocycles. The third-order valence-corrected chi connectivity index (χ3v) is 2.02. The van der Waals surface area contributed by atoms with Crippen LogP contribution in [0.2, 0.25) is 0 Å². The number of carbonyl (C=O) groups excluding carboxylic acids is 1. The van der Waals surface area contributed by atoms with Crippen LogP contribution in [-0.2, 0) is 0 Å². The number of hydrogen-bond acceptors (Lipinski definition) is 3. The lowest BCUT2D eigenvalue weighted by Gasteiger charge is -2.04. The van der Waals surface area contributed by atoms with Crippen molar-refractivity contribution in [3.05, 3.63) is 41.8 Å². The van der Waals surface area contributed by atoms with E-state index in [9.17, 15) is 9.18 Å². The van der Waals surface area contributed by atoms with Gasteiger partial charge in [0, 0.05) is 5.69 Å². The molecule has 0 radical (unpaired) electrons. The molecule has 0 spiro atoms. The molecule has 1 aromatic carbocycles. The first-order valence-corrected chi connectivity index (χ1v) is 4.52. The Bertz CT molecular complexity index is 506. The number of nitrogens with two attached hydrogens (primary N) is 1. The summed E-state index contributed by atoms with van der Waals surface area (Å²) in [6, 6.07) is 5.70. The van der Waals surface area contributed by atoms with Crippen LogP contribution in [0.25, 0.3) is 0 Å². The zero-order valence-electron chi connectivity index (χ0n) is 8.20. The number of hydrogen-bond donors (Lipinski definition) is 3. The fourth-order valence-electron chi connectivity index (χ4n) is 1.25. The van der Waals surface area contributed by atoms with Gasteiger partial charge in [-0.1, -0.05) is 0 Å². The van der Waals surface area contributed by atoms with Crippen molar-refractivity contribution < 1.29 is 9.18 Å². The van der Waals surface area contributed by atoms with E-state index < -0.39 is 5.91 Å².